The lowest BCUT2D eigenvalue weighted by Gasteiger charge is -2.14. The van der Waals surface area contributed by atoms with E-state index in [2.05, 4.69) is 13.8 Å². The first-order valence-corrected chi connectivity index (χ1v) is 6.82. The lowest BCUT2D eigenvalue weighted by atomic mass is 10.0. The van der Waals surface area contributed by atoms with Gasteiger partial charge >= 0.3 is 5.69 Å². The highest BCUT2D eigenvalue weighted by Gasteiger charge is 2.14. The van der Waals surface area contributed by atoms with Gasteiger partial charge in [0, 0.05) is 25.4 Å². The van der Waals surface area contributed by atoms with Gasteiger partial charge in [0.15, 0.2) is 0 Å². The minimum atomic E-state index is -0.216. The van der Waals surface area contributed by atoms with Gasteiger partial charge in [0.1, 0.15) is 0 Å². The highest BCUT2D eigenvalue weighted by atomic mass is 16.2. The molecule has 1 heterocycles. The zero-order chi connectivity index (χ0) is 13.7. The molecule has 4 heteroatoms. The lowest BCUT2D eigenvalue weighted by Crippen LogP contribution is -2.41. The molecule has 1 aromatic rings. The monoisotopic (exact) mass is 252 g/mol. The largest absolute Gasteiger partial charge is 0.330 e. The highest BCUT2D eigenvalue weighted by molar-refractivity contribution is 5.18. The van der Waals surface area contributed by atoms with Gasteiger partial charge in [-0.25, -0.2) is 4.79 Å². The fraction of sp³-hybridized carbons (Fsp3) is 0.714. The fourth-order valence-corrected chi connectivity index (χ4v) is 2.22. The van der Waals surface area contributed by atoms with E-state index in [9.17, 15) is 9.59 Å². The van der Waals surface area contributed by atoms with E-state index in [1.54, 1.807) is 18.7 Å². The first-order chi connectivity index (χ1) is 8.54. The van der Waals surface area contributed by atoms with Crippen molar-refractivity contribution >= 4 is 0 Å². The van der Waals surface area contributed by atoms with Crippen LogP contribution in [-0.4, -0.2) is 9.13 Å². The van der Waals surface area contributed by atoms with Crippen LogP contribution in [0.5, 0.6) is 0 Å². The number of hydrogen-bond acceptors (Lipinski definition) is 2. The maximum atomic E-state index is 12.2. The van der Waals surface area contributed by atoms with E-state index < -0.39 is 0 Å². The van der Waals surface area contributed by atoms with Crippen molar-refractivity contribution in [2.45, 2.75) is 52.4 Å². The van der Waals surface area contributed by atoms with Crippen LogP contribution < -0.4 is 11.2 Å². The van der Waals surface area contributed by atoms with E-state index in [4.69, 9.17) is 0 Å². The third kappa shape index (κ3) is 2.92. The predicted octanol–water partition coefficient (Wildman–Crippen LogP) is 1.77. The molecular weight excluding hydrogens is 228 g/mol. The van der Waals surface area contributed by atoms with Gasteiger partial charge in [-0.05, 0) is 25.7 Å². The van der Waals surface area contributed by atoms with Crippen molar-refractivity contribution in [1.29, 1.82) is 0 Å². The van der Waals surface area contributed by atoms with Gasteiger partial charge in [-0.1, -0.05) is 26.7 Å². The zero-order valence-corrected chi connectivity index (χ0v) is 12.0. The molecule has 1 aromatic heterocycles. The third-order valence-electron chi connectivity index (χ3n) is 3.44. The molecule has 0 atom stereocenters. The van der Waals surface area contributed by atoms with Gasteiger partial charge in [-0.15, -0.1) is 0 Å². The first-order valence-electron chi connectivity index (χ1n) is 6.82. The van der Waals surface area contributed by atoms with Crippen LogP contribution in [0.2, 0.25) is 0 Å². The van der Waals surface area contributed by atoms with Crippen LogP contribution in [0.3, 0.4) is 0 Å². The van der Waals surface area contributed by atoms with Crippen LogP contribution in [0.1, 0.15) is 50.8 Å². The summed E-state index contributed by atoms with van der Waals surface area (Å²) in [7, 11) is 3.33. The molecule has 0 N–H and O–H groups in total. The van der Waals surface area contributed by atoms with Gasteiger partial charge in [-0.3, -0.25) is 9.36 Å². The van der Waals surface area contributed by atoms with Crippen molar-refractivity contribution in [1.82, 2.24) is 9.13 Å². The second-order valence-corrected chi connectivity index (χ2v) is 4.84. The summed E-state index contributed by atoms with van der Waals surface area (Å²) in [6.45, 7) is 4.23. The Hall–Kier alpha value is -1.32. The minimum absolute atomic E-state index is 0.113. The summed E-state index contributed by atoms with van der Waals surface area (Å²) in [5, 5.41) is 0. The molecule has 4 nitrogen and oxygen atoms in total. The SMILES string of the molecule is CCCCc1c(CCCC)n(C)c(=O)n(C)c1=O. The third-order valence-corrected chi connectivity index (χ3v) is 3.44. The fourth-order valence-electron chi connectivity index (χ4n) is 2.22. The van der Waals surface area contributed by atoms with Gasteiger partial charge in [0.05, 0.1) is 0 Å². The van der Waals surface area contributed by atoms with Crippen molar-refractivity contribution in [3.63, 3.8) is 0 Å². The Morgan fingerprint density at radius 3 is 2.00 bits per heavy atom. The lowest BCUT2D eigenvalue weighted by molar-refractivity contribution is 0.606. The summed E-state index contributed by atoms with van der Waals surface area (Å²) < 4.78 is 2.86. The van der Waals surface area contributed by atoms with Crippen molar-refractivity contribution < 1.29 is 0 Å². The summed E-state index contributed by atoms with van der Waals surface area (Å²) in [6, 6.07) is 0. The molecule has 102 valence electrons. The van der Waals surface area contributed by atoms with Gasteiger partial charge in [0.2, 0.25) is 0 Å². The smallest absolute Gasteiger partial charge is 0.300 e. The van der Waals surface area contributed by atoms with Crippen LogP contribution in [0.15, 0.2) is 9.59 Å². The quantitative estimate of drug-likeness (QED) is 0.774. The Morgan fingerprint density at radius 1 is 0.889 bits per heavy atom. The first kappa shape index (κ1) is 14.7. The molecule has 0 unspecified atom stereocenters. The number of aromatic nitrogens is 2. The molecule has 0 bridgehead atoms. The molecule has 0 saturated heterocycles. The van der Waals surface area contributed by atoms with E-state index in [0.29, 0.717) is 0 Å². The van der Waals surface area contributed by atoms with E-state index in [1.807, 2.05) is 0 Å². The van der Waals surface area contributed by atoms with Gasteiger partial charge in [-0.2, -0.15) is 0 Å². The average Bonchev–Trinajstić information content (AvgIpc) is 2.38. The summed E-state index contributed by atoms with van der Waals surface area (Å²) >= 11 is 0. The van der Waals surface area contributed by atoms with Crippen molar-refractivity contribution in [2.24, 2.45) is 14.1 Å². The maximum absolute atomic E-state index is 12.2. The number of rotatable bonds is 6. The Kier molecular flexibility index (Phi) is 5.38. The van der Waals surface area contributed by atoms with Gasteiger partial charge < -0.3 is 4.57 Å². The maximum Gasteiger partial charge on any atom is 0.330 e. The topological polar surface area (TPSA) is 44.0 Å². The summed E-state index contributed by atoms with van der Waals surface area (Å²) in [6.07, 6.45) is 5.72. The molecule has 0 spiro atoms. The zero-order valence-electron chi connectivity index (χ0n) is 12.0. The van der Waals surface area contributed by atoms with E-state index in [-0.39, 0.29) is 11.2 Å². The molecule has 18 heavy (non-hydrogen) atoms. The van der Waals surface area contributed by atoms with Crippen molar-refractivity contribution in [3.05, 3.63) is 32.1 Å². The Bertz CT molecular complexity index is 512. The number of nitrogens with zero attached hydrogens (tertiary/aromatic N) is 2. The second kappa shape index (κ2) is 6.57. The molecule has 0 saturated carbocycles. The molecule has 0 fully saturated rings. The van der Waals surface area contributed by atoms with E-state index >= 15 is 0 Å². The van der Waals surface area contributed by atoms with Crippen molar-refractivity contribution in [3.8, 4) is 0 Å². The van der Waals surface area contributed by atoms with Crippen molar-refractivity contribution in [2.75, 3.05) is 0 Å². The summed E-state index contributed by atoms with van der Waals surface area (Å²) in [4.78, 5) is 24.1. The van der Waals surface area contributed by atoms with Crippen LogP contribution in [0, 0.1) is 0 Å². The normalized spacial score (nSPS) is 10.9. The summed E-state index contributed by atoms with van der Waals surface area (Å²) in [5.74, 6) is 0. The number of hydrogen-bond donors (Lipinski definition) is 0. The van der Waals surface area contributed by atoms with Crippen LogP contribution in [-0.2, 0) is 26.9 Å². The molecule has 1 rings (SSSR count). The molecule has 0 aliphatic heterocycles. The molecule has 0 radical (unpaired) electrons. The van der Waals surface area contributed by atoms with E-state index in [0.717, 1.165) is 49.8 Å². The van der Waals surface area contributed by atoms with Gasteiger partial charge in [0.25, 0.3) is 5.56 Å². The molecule has 0 amide bonds. The standard InChI is InChI=1S/C14H24N2O2/c1-5-7-9-11-12(10-8-6-2)15(3)14(18)16(4)13(11)17/h5-10H2,1-4H3. The van der Waals surface area contributed by atoms with E-state index in [1.165, 1.54) is 4.57 Å². The van der Waals surface area contributed by atoms with Crippen LogP contribution in [0.4, 0.5) is 0 Å². The molecule has 0 aliphatic rings. The molecule has 0 aromatic carbocycles. The van der Waals surface area contributed by atoms with Crippen LogP contribution >= 0.6 is 0 Å². The second-order valence-electron chi connectivity index (χ2n) is 4.84. The Balaban J connectivity index is 3.34. The van der Waals surface area contributed by atoms with Crippen LogP contribution in [0.25, 0.3) is 0 Å². The Labute approximate surface area is 108 Å². The minimum Gasteiger partial charge on any atom is -0.300 e. The average molecular weight is 252 g/mol. The molecular formula is C14H24N2O2. The summed E-state index contributed by atoms with van der Waals surface area (Å²) in [5.41, 5.74) is 1.43. The molecule has 0 aliphatic carbocycles. The number of unbranched alkanes of at least 4 members (excludes halogenated alkanes) is 2. The predicted molar refractivity (Wildman–Crippen MR) is 74.1 cm³/mol. The Morgan fingerprint density at radius 2 is 1.44 bits per heavy atom. The highest BCUT2D eigenvalue weighted by Crippen LogP contribution is 2.09.